The lowest BCUT2D eigenvalue weighted by Gasteiger charge is -2.12. The van der Waals surface area contributed by atoms with E-state index in [1.54, 1.807) is 6.07 Å². The van der Waals surface area contributed by atoms with Crippen LogP contribution in [-0.2, 0) is 4.79 Å². The molecule has 0 aliphatic rings. The fourth-order valence-corrected chi connectivity index (χ4v) is 2.65. The first-order chi connectivity index (χ1) is 11.3. The second-order valence-electron chi connectivity index (χ2n) is 5.08. The van der Waals surface area contributed by atoms with Crippen molar-refractivity contribution in [1.82, 2.24) is 10.2 Å². The molecule has 0 saturated heterocycles. The molecule has 128 valence electrons. The molecule has 24 heavy (non-hydrogen) atoms. The first kappa shape index (κ1) is 18.6. The summed E-state index contributed by atoms with van der Waals surface area (Å²) in [7, 11) is 0. The number of hydrogen-bond donors (Lipinski definition) is 1. The van der Waals surface area contributed by atoms with Gasteiger partial charge in [-0.15, -0.1) is 10.2 Å². The van der Waals surface area contributed by atoms with Crippen LogP contribution in [0.5, 0.6) is 17.4 Å². The molecule has 0 bridgehead atoms. The van der Waals surface area contributed by atoms with E-state index in [4.69, 9.17) is 49.4 Å². The second kappa shape index (κ2) is 7.88. The first-order valence-electron chi connectivity index (χ1n) is 6.82. The molecule has 0 amide bonds. The molecule has 0 unspecified atom stereocenters. The van der Waals surface area contributed by atoms with Crippen molar-refractivity contribution in [3.63, 3.8) is 0 Å². The average Bonchev–Trinajstić information content (AvgIpc) is 2.50. The molecule has 6 nitrogen and oxygen atoms in total. The van der Waals surface area contributed by atoms with E-state index in [0.717, 1.165) is 5.56 Å². The maximum Gasteiger partial charge on any atom is 0.341 e. The Morgan fingerprint density at radius 3 is 2.33 bits per heavy atom. The number of carboxylic acid groups (broad SMARTS) is 1. The van der Waals surface area contributed by atoms with Crippen molar-refractivity contribution in [1.29, 1.82) is 0 Å². The van der Waals surface area contributed by atoms with Gasteiger partial charge >= 0.3 is 5.97 Å². The van der Waals surface area contributed by atoms with Crippen LogP contribution < -0.4 is 9.47 Å². The van der Waals surface area contributed by atoms with Crippen molar-refractivity contribution >= 4 is 40.8 Å². The smallest absolute Gasteiger partial charge is 0.341 e. The SMILES string of the molecule is CC(C)c1cc(Oc2c(Cl)cc(OCC(=O)O)cc2Cl)nnc1Cl. The molecule has 2 rings (SSSR count). The number of hydrogen-bond acceptors (Lipinski definition) is 5. The number of carbonyl (C=O) groups is 1. The molecule has 0 aliphatic carbocycles. The van der Waals surface area contributed by atoms with Gasteiger partial charge in [0.05, 0.1) is 10.0 Å². The third kappa shape index (κ3) is 4.63. The van der Waals surface area contributed by atoms with Gasteiger partial charge in [0, 0.05) is 18.2 Å². The predicted molar refractivity (Wildman–Crippen MR) is 90.8 cm³/mol. The third-order valence-corrected chi connectivity index (χ3v) is 3.77. The highest BCUT2D eigenvalue weighted by Crippen LogP contribution is 2.39. The van der Waals surface area contributed by atoms with Crippen LogP contribution in [0.15, 0.2) is 18.2 Å². The van der Waals surface area contributed by atoms with E-state index in [1.165, 1.54) is 12.1 Å². The quantitative estimate of drug-likeness (QED) is 0.760. The summed E-state index contributed by atoms with van der Waals surface area (Å²) in [4.78, 5) is 10.5. The summed E-state index contributed by atoms with van der Waals surface area (Å²) in [5.74, 6) is -0.420. The molecule has 0 aliphatic heterocycles. The molecular weight excluding hydrogens is 379 g/mol. The van der Waals surface area contributed by atoms with Crippen LogP contribution >= 0.6 is 34.8 Å². The molecule has 0 radical (unpaired) electrons. The summed E-state index contributed by atoms with van der Waals surface area (Å²) < 4.78 is 10.6. The maximum absolute atomic E-state index is 10.5. The van der Waals surface area contributed by atoms with Crippen molar-refractivity contribution in [2.45, 2.75) is 19.8 Å². The van der Waals surface area contributed by atoms with Gasteiger partial charge in [0.2, 0.25) is 5.88 Å². The summed E-state index contributed by atoms with van der Waals surface area (Å²) in [6.07, 6.45) is 0. The van der Waals surface area contributed by atoms with E-state index in [2.05, 4.69) is 10.2 Å². The minimum Gasteiger partial charge on any atom is -0.482 e. The van der Waals surface area contributed by atoms with Crippen molar-refractivity contribution in [2.24, 2.45) is 0 Å². The zero-order chi connectivity index (χ0) is 17.9. The topological polar surface area (TPSA) is 81.5 Å². The van der Waals surface area contributed by atoms with E-state index >= 15 is 0 Å². The summed E-state index contributed by atoms with van der Waals surface area (Å²) in [5, 5.41) is 16.9. The van der Waals surface area contributed by atoms with Gasteiger partial charge in [-0.3, -0.25) is 0 Å². The molecule has 9 heteroatoms. The van der Waals surface area contributed by atoms with Gasteiger partial charge in [-0.25, -0.2) is 4.79 Å². The van der Waals surface area contributed by atoms with E-state index in [9.17, 15) is 4.79 Å². The minimum atomic E-state index is -1.11. The van der Waals surface area contributed by atoms with Crippen molar-refractivity contribution in [3.05, 3.63) is 39.0 Å². The van der Waals surface area contributed by atoms with Crippen LogP contribution in [0.3, 0.4) is 0 Å². The Labute approximate surface area is 153 Å². The standard InChI is InChI=1S/C15H13Cl3N2O4/c1-7(2)9-5-12(19-20-15(9)18)24-14-10(16)3-8(4-11(14)17)23-6-13(21)22/h3-5,7H,6H2,1-2H3,(H,21,22). The fraction of sp³-hybridized carbons (Fsp3) is 0.267. The number of carboxylic acids is 1. The van der Waals surface area contributed by atoms with Crippen LogP contribution in [0.1, 0.15) is 25.3 Å². The number of aromatic nitrogens is 2. The number of halogens is 3. The van der Waals surface area contributed by atoms with E-state index in [1.807, 2.05) is 13.8 Å². The third-order valence-electron chi connectivity index (χ3n) is 2.92. The van der Waals surface area contributed by atoms with Gasteiger partial charge in [0.15, 0.2) is 17.5 Å². The van der Waals surface area contributed by atoms with Crippen molar-refractivity contribution in [2.75, 3.05) is 6.61 Å². The highest BCUT2D eigenvalue weighted by Gasteiger charge is 2.15. The monoisotopic (exact) mass is 390 g/mol. The van der Waals surface area contributed by atoms with Crippen LogP contribution in [-0.4, -0.2) is 27.9 Å². The van der Waals surface area contributed by atoms with Gasteiger partial charge in [0.25, 0.3) is 0 Å². The number of nitrogens with zero attached hydrogens (tertiary/aromatic N) is 2. The Bertz CT molecular complexity index is 745. The zero-order valence-corrected chi connectivity index (χ0v) is 15.0. The fourth-order valence-electron chi connectivity index (χ4n) is 1.79. The van der Waals surface area contributed by atoms with Gasteiger partial charge in [0.1, 0.15) is 5.75 Å². The zero-order valence-electron chi connectivity index (χ0n) is 12.7. The lowest BCUT2D eigenvalue weighted by Crippen LogP contribution is -2.09. The number of benzene rings is 1. The summed E-state index contributed by atoms with van der Waals surface area (Å²) in [6, 6.07) is 4.46. The number of rotatable bonds is 6. The Hall–Kier alpha value is -1.76. The maximum atomic E-state index is 10.5. The molecular formula is C15H13Cl3N2O4. The predicted octanol–water partition coefficient (Wildman–Crippen LogP) is 4.82. The lowest BCUT2D eigenvalue weighted by molar-refractivity contribution is -0.139. The number of aliphatic carboxylic acids is 1. The van der Waals surface area contributed by atoms with Gasteiger partial charge in [-0.2, -0.15) is 0 Å². The number of ether oxygens (including phenoxy) is 2. The second-order valence-corrected chi connectivity index (χ2v) is 6.26. The largest absolute Gasteiger partial charge is 0.482 e. The Morgan fingerprint density at radius 1 is 1.17 bits per heavy atom. The van der Waals surface area contributed by atoms with E-state index in [-0.39, 0.29) is 33.3 Å². The minimum absolute atomic E-state index is 0.132. The van der Waals surface area contributed by atoms with Crippen LogP contribution in [0, 0.1) is 0 Å². The molecule has 0 atom stereocenters. The Morgan fingerprint density at radius 2 is 1.79 bits per heavy atom. The molecule has 1 aromatic heterocycles. The molecule has 0 spiro atoms. The van der Waals surface area contributed by atoms with Crippen molar-refractivity contribution < 1.29 is 19.4 Å². The molecule has 1 aromatic carbocycles. The summed E-state index contributed by atoms with van der Waals surface area (Å²) in [5.41, 5.74) is 0.773. The van der Waals surface area contributed by atoms with Gasteiger partial charge < -0.3 is 14.6 Å². The van der Waals surface area contributed by atoms with Gasteiger partial charge in [-0.05, 0) is 11.5 Å². The molecule has 1 heterocycles. The van der Waals surface area contributed by atoms with E-state index in [0.29, 0.717) is 5.15 Å². The van der Waals surface area contributed by atoms with Gasteiger partial charge in [-0.1, -0.05) is 48.7 Å². The lowest BCUT2D eigenvalue weighted by atomic mass is 10.1. The van der Waals surface area contributed by atoms with E-state index < -0.39 is 12.6 Å². The normalized spacial score (nSPS) is 10.8. The molecule has 1 N–H and O–H groups in total. The molecule has 2 aromatic rings. The summed E-state index contributed by atoms with van der Waals surface area (Å²) >= 11 is 18.2. The molecule has 0 saturated carbocycles. The summed E-state index contributed by atoms with van der Waals surface area (Å²) in [6.45, 7) is 3.41. The Kier molecular flexibility index (Phi) is 6.10. The first-order valence-corrected chi connectivity index (χ1v) is 7.96. The molecule has 0 fully saturated rings. The van der Waals surface area contributed by atoms with Crippen LogP contribution in [0.25, 0.3) is 0 Å². The highest BCUT2D eigenvalue weighted by atomic mass is 35.5. The van der Waals surface area contributed by atoms with Crippen LogP contribution in [0.2, 0.25) is 15.2 Å². The van der Waals surface area contributed by atoms with Crippen LogP contribution in [0.4, 0.5) is 0 Å². The highest BCUT2D eigenvalue weighted by molar-refractivity contribution is 6.37. The Balaban J connectivity index is 2.27. The van der Waals surface area contributed by atoms with Crippen molar-refractivity contribution in [3.8, 4) is 17.4 Å². The average molecular weight is 392 g/mol.